The van der Waals surface area contributed by atoms with E-state index in [1.165, 1.54) is 5.41 Å². The first-order valence-electron chi connectivity index (χ1n) is 10.3. The van der Waals surface area contributed by atoms with Gasteiger partial charge < -0.3 is 25.3 Å². The molecule has 11 heteroatoms. The second kappa shape index (κ2) is 11.5. The molecule has 176 valence electrons. The summed E-state index contributed by atoms with van der Waals surface area (Å²) in [6.07, 6.45) is 3.83. The van der Waals surface area contributed by atoms with Crippen LogP contribution in [-0.4, -0.2) is 43.0 Å². The highest BCUT2D eigenvalue weighted by Crippen LogP contribution is 2.29. The molecule has 5 N–H and O–H groups in total. The van der Waals surface area contributed by atoms with Crippen LogP contribution in [0.2, 0.25) is 0 Å². The van der Waals surface area contributed by atoms with Crippen molar-refractivity contribution in [2.45, 2.75) is 25.8 Å². The minimum Gasteiger partial charge on any atom is -0.493 e. The molecule has 33 heavy (non-hydrogen) atoms. The molecule has 1 atom stereocenters. The van der Waals surface area contributed by atoms with E-state index in [0.29, 0.717) is 31.1 Å². The Balaban J connectivity index is 1.61. The van der Waals surface area contributed by atoms with Crippen LogP contribution in [0, 0.1) is 0 Å². The fraction of sp³-hybridized carbons (Fsp3) is 0.318. The summed E-state index contributed by atoms with van der Waals surface area (Å²) in [6, 6.07) is 8.67. The highest BCUT2D eigenvalue weighted by molar-refractivity contribution is 8.00. The normalized spacial score (nSPS) is 17.2. The molecule has 0 saturated carbocycles. The quantitative estimate of drug-likeness (QED) is 0.287. The molecule has 0 radical (unpaired) electrons. The Morgan fingerprint density at radius 3 is 2.79 bits per heavy atom. The summed E-state index contributed by atoms with van der Waals surface area (Å²) >= 11 is 1.10. The van der Waals surface area contributed by atoms with Crippen molar-refractivity contribution in [3.63, 3.8) is 0 Å². The number of ether oxygens (including phenoxy) is 3. The fourth-order valence-electron chi connectivity index (χ4n) is 3.12. The van der Waals surface area contributed by atoms with Crippen LogP contribution in [0.3, 0.4) is 0 Å². The van der Waals surface area contributed by atoms with Crippen molar-refractivity contribution in [1.82, 2.24) is 20.3 Å². The molecule has 0 spiro atoms. The van der Waals surface area contributed by atoms with E-state index in [9.17, 15) is 9.59 Å². The molecule has 3 amide bonds. The van der Waals surface area contributed by atoms with Gasteiger partial charge in [0.25, 0.3) is 5.91 Å². The molecule has 1 aliphatic rings. The number of nitrogens with two attached hydrogens (primary N) is 1. The molecule has 1 aliphatic heterocycles. The van der Waals surface area contributed by atoms with E-state index in [0.717, 1.165) is 23.1 Å². The number of amides is 3. The second-order valence-electron chi connectivity index (χ2n) is 7.00. The Bertz CT molecular complexity index is 1000. The van der Waals surface area contributed by atoms with Gasteiger partial charge in [0.05, 0.1) is 25.9 Å². The van der Waals surface area contributed by atoms with E-state index in [4.69, 9.17) is 19.9 Å². The van der Waals surface area contributed by atoms with Gasteiger partial charge >= 0.3 is 6.03 Å². The summed E-state index contributed by atoms with van der Waals surface area (Å²) in [4.78, 5) is 28.7. The highest BCUT2D eigenvalue weighted by Gasteiger charge is 2.44. The monoisotopic (exact) mass is 473 g/mol. The standard InChI is InChI=1S/C22H27N5O5S/c1-3-31-19-11-15(6-7-18(19)30-2)8-10-25-21(29)26-22(17(20(23)28)14-33-27-22)32-13-16-5-4-9-24-12-16/h4-7,9,11-12,14,27H,3,8,10,13H2,1-2H3,(H2,23,28)(H2,25,26,29). The van der Waals surface area contributed by atoms with E-state index >= 15 is 0 Å². The van der Waals surface area contributed by atoms with Gasteiger partial charge in [0.2, 0.25) is 5.85 Å². The van der Waals surface area contributed by atoms with Crippen LogP contribution in [0.25, 0.3) is 0 Å². The van der Waals surface area contributed by atoms with E-state index in [1.54, 1.807) is 25.6 Å². The van der Waals surface area contributed by atoms with Gasteiger partial charge in [0.1, 0.15) is 0 Å². The first-order chi connectivity index (χ1) is 16.0. The number of pyridine rings is 1. The number of nitrogens with one attached hydrogen (secondary N) is 3. The van der Waals surface area contributed by atoms with Crippen molar-refractivity contribution in [3.8, 4) is 11.5 Å². The van der Waals surface area contributed by atoms with Gasteiger partial charge in [0, 0.05) is 24.3 Å². The maximum Gasteiger partial charge on any atom is 0.318 e. The van der Waals surface area contributed by atoms with Crippen molar-refractivity contribution in [2.75, 3.05) is 20.3 Å². The van der Waals surface area contributed by atoms with E-state index in [1.807, 2.05) is 31.2 Å². The number of methoxy groups -OCH3 is 1. The van der Waals surface area contributed by atoms with Gasteiger partial charge in [-0.05, 0) is 54.6 Å². The number of carbonyl (C=O) groups excluding carboxylic acids is 2. The molecule has 1 aromatic heterocycles. The molecule has 2 aromatic rings. The molecule has 0 fully saturated rings. The van der Waals surface area contributed by atoms with Crippen molar-refractivity contribution < 1.29 is 23.8 Å². The van der Waals surface area contributed by atoms with Gasteiger partial charge in [-0.3, -0.25) is 15.1 Å². The van der Waals surface area contributed by atoms with Crippen LogP contribution < -0.4 is 30.6 Å². The fourth-order valence-corrected chi connectivity index (χ4v) is 3.97. The van der Waals surface area contributed by atoms with Crippen LogP contribution in [0.5, 0.6) is 11.5 Å². The molecule has 0 saturated heterocycles. The Morgan fingerprint density at radius 1 is 1.24 bits per heavy atom. The van der Waals surface area contributed by atoms with E-state index < -0.39 is 17.8 Å². The lowest BCUT2D eigenvalue weighted by molar-refractivity contribution is -0.119. The summed E-state index contributed by atoms with van der Waals surface area (Å²) in [5.74, 6) is -0.984. The Labute approximate surface area is 196 Å². The van der Waals surface area contributed by atoms with Crippen LogP contribution in [0.4, 0.5) is 4.79 Å². The van der Waals surface area contributed by atoms with Crippen LogP contribution >= 0.6 is 11.9 Å². The molecule has 1 aromatic carbocycles. The minimum atomic E-state index is -1.57. The number of benzene rings is 1. The number of carbonyl (C=O) groups is 2. The predicted octanol–water partition coefficient (Wildman–Crippen LogP) is 1.82. The lowest BCUT2D eigenvalue weighted by Crippen LogP contribution is -2.61. The molecule has 2 heterocycles. The zero-order valence-electron chi connectivity index (χ0n) is 18.4. The summed E-state index contributed by atoms with van der Waals surface area (Å²) in [5.41, 5.74) is 7.35. The molecule has 10 nitrogen and oxygen atoms in total. The lowest BCUT2D eigenvalue weighted by atomic mass is 10.1. The van der Waals surface area contributed by atoms with Gasteiger partial charge in [-0.25, -0.2) is 9.52 Å². The smallest absolute Gasteiger partial charge is 0.318 e. The Hall–Kier alpha value is -3.28. The van der Waals surface area contributed by atoms with Gasteiger partial charge in [-0.2, -0.15) is 0 Å². The minimum absolute atomic E-state index is 0.0956. The third kappa shape index (κ3) is 6.37. The van der Waals surface area contributed by atoms with Crippen LogP contribution in [0.15, 0.2) is 53.7 Å². The number of rotatable bonds is 11. The number of urea groups is 1. The average Bonchev–Trinajstić information content (AvgIpc) is 3.23. The van der Waals surface area contributed by atoms with E-state index in [-0.39, 0.29) is 12.2 Å². The van der Waals surface area contributed by atoms with Crippen molar-refractivity contribution >= 4 is 23.9 Å². The first-order valence-corrected chi connectivity index (χ1v) is 11.2. The van der Waals surface area contributed by atoms with Crippen LogP contribution in [0.1, 0.15) is 18.1 Å². The summed E-state index contributed by atoms with van der Waals surface area (Å²) in [7, 11) is 1.58. The van der Waals surface area contributed by atoms with Crippen molar-refractivity contribution in [1.29, 1.82) is 0 Å². The van der Waals surface area contributed by atoms with Gasteiger partial charge in [-0.1, -0.05) is 12.1 Å². The largest absolute Gasteiger partial charge is 0.493 e. The summed E-state index contributed by atoms with van der Waals surface area (Å²) in [5, 5.41) is 6.98. The molecule has 0 bridgehead atoms. The maximum atomic E-state index is 12.7. The molecule has 1 unspecified atom stereocenters. The number of hydrogen-bond acceptors (Lipinski definition) is 8. The van der Waals surface area contributed by atoms with Crippen molar-refractivity contribution in [2.24, 2.45) is 5.73 Å². The average molecular weight is 474 g/mol. The molecular formula is C22H27N5O5S. The number of aromatic nitrogens is 1. The summed E-state index contributed by atoms with van der Waals surface area (Å²) < 4.78 is 19.7. The predicted molar refractivity (Wildman–Crippen MR) is 124 cm³/mol. The number of hydrogen-bond donors (Lipinski definition) is 4. The van der Waals surface area contributed by atoms with Crippen molar-refractivity contribution in [3.05, 3.63) is 64.8 Å². The zero-order chi connectivity index (χ0) is 23.7. The summed E-state index contributed by atoms with van der Waals surface area (Å²) in [6.45, 7) is 2.85. The number of nitrogens with zero attached hydrogens (tertiary/aromatic N) is 1. The Kier molecular flexibility index (Phi) is 8.52. The Morgan fingerprint density at radius 2 is 2.09 bits per heavy atom. The SMILES string of the molecule is CCOc1cc(CCNC(=O)NC2(OCc3cccnc3)NSC=C2C(N)=O)ccc1OC. The van der Waals surface area contributed by atoms with E-state index in [2.05, 4.69) is 20.3 Å². The first kappa shape index (κ1) is 24.4. The lowest BCUT2D eigenvalue weighted by Gasteiger charge is -2.31. The molecule has 0 aliphatic carbocycles. The molecule has 3 rings (SSSR count). The van der Waals surface area contributed by atoms with Gasteiger partial charge in [-0.15, -0.1) is 0 Å². The molecular weight excluding hydrogens is 446 g/mol. The van der Waals surface area contributed by atoms with Gasteiger partial charge in [0.15, 0.2) is 11.5 Å². The third-order valence-corrected chi connectivity index (χ3v) is 5.48. The second-order valence-corrected chi connectivity index (χ2v) is 7.67. The van der Waals surface area contributed by atoms with Crippen LogP contribution in [-0.2, 0) is 22.6 Å². The zero-order valence-corrected chi connectivity index (χ0v) is 19.2. The maximum absolute atomic E-state index is 12.7. The topological polar surface area (TPSA) is 137 Å². The number of primary amides is 1. The third-order valence-electron chi connectivity index (χ3n) is 4.72. The highest BCUT2D eigenvalue weighted by atomic mass is 32.2.